The summed E-state index contributed by atoms with van der Waals surface area (Å²) in [6.45, 7) is 8.28. The summed E-state index contributed by atoms with van der Waals surface area (Å²) in [4.78, 5) is 43.8. The molecule has 2 fully saturated rings. The van der Waals surface area contributed by atoms with Crippen LogP contribution >= 0.6 is 0 Å². The summed E-state index contributed by atoms with van der Waals surface area (Å²) in [6.07, 6.45) is 5.67. The number of amides is 2. The molecule has 0 saturated carbocycles. The number of rotatable bonds is 9. The third-order valence-electron chi connectivity index (χ3n) is 9.64. The van der Waals surface area contributed by atoms with Gasteiger partial charge < -0.3 is 24.6 Å². The molecule has 5 aromatic rings. The Bertz CT molecular complexity index is 2000. The standard InChI is InChI=1S/C40H42N6O4/c1-4-29-18-21-46(38(29)47)35-14-8-12-32-31(35)16-15-27(3)36(32)50-37-33(13-9-19-41-37)34-17-20-42-39(44-34)43-30-22-26(2)23-45(24-30)40(48)49-25-28-10-6-5-7-11-28/h5-17,19-20,26,29-30H,4,18,21-25H2,1-3H3,(H,42,43,44)/t26-,29?,30+/m1/s1. The van der Waals surface area contributed by atoms with E-state index in [1.165, 1.54) is 0 Å². The Morgan fingerprint density at radius 2 is 1.80 bits per heavy atom. The fourth-order valence-corrected chi connectivity index (χ4v) is 7.09. The van der Waals surface area contributed by atoms with Crippen molar-refractivity contribution < 1.29 is 19.1 Å². The first kappa shape index (κ1) is 33.0. The van der Waals surface area contributed by atoms with Crippen molar-refractivity contribution in [3.63, 3.8) is 0 Å². The Morgan fingerprint density at radius 1 is 0.940 bits per heavy atom. The maximum Gasteiger partial charge on any atom is 0.410 e. The number of benzene rings is 3. The SMILES string of the molecule is CCC1CCN(c2cccc3c(Oc4ncccc4-c4ccnc(N[C@H]5C[C@@H](C)CN(C(=O)OCc6ccccc6)C5)n4)c(C)ccc23)C1=O. The molecule has 7 rings (SSSR count). The number of hydrogen-bond donors (Lipinski definition) is 1. The van der Waals surface area contributed by atoms with E-state index in [0.29, 0.717) is 48.5 Å². The van der Waals surface area contributed by atoms with E-state index in [0.717, 1.165) is 46.8 Å². The molecule has 3 aromatic carbocycles. The first-order valence-electron chi connectivity index (χ1n) is 17.4. The minimum atomic E-state index is -0.327. The van der Waals surface area contributed by atoms with Crippen molar-refractivity contribution in [1.29, 1.82) is 0 Å². The number of aromatic nitrogens is 3. The zero-order chi connectivity index (χ0) is 34.6. The number of carbonyl (C=O) groups excluding carboxylic acids is 2. The average molecular weight is 671 g/mol. The number of pyridine rings is 1. The summed E-state index contributed by atoms with van der Waals surface area (Å²) >= 11 is 0. The van der Waals surface area contributed by atoms with Gasteiger partial charge in [-0.25, -0.2) is 19.7 Å². The quantitative estimate of drug-likeness (QED) is 0.168. The van der Waals surface area contributed by atoms with Crippen LogP contribution in [-0.4, -0.2) is 57.5 Å². The van der Waals surface area contributed by atoms with Crippen LogP contribution in [0.15, 0.2) is 91.3 Å². The van der Waals surface area contributed by atoms with Crippen LogP contribution in [0.25, 0.3) is 22.0 Å². The topological polar surface area (TPSA) is 110 Å². The number of piperidine rings is 1. The van der Waals surface area contributed by atoms with Gasteiger partial charge in [0.1, 0.15) is 12.4 Å². The van der Waals surface area contributed by atoms with Gasteiger partial charge in [-0.2, -0.15) is 0 Å². The second kappa shape index (κ2) is 14.5. The first-order valence-corrected chi connectivity index (χ1v) is 17.4. The molecular weight excluding hydrogens is 628 g/mol. The second-order valence-electron chi connectivity index (χ2n) is 13.3. The van der Waals surface area contributed by atoms with Crippen LogP contribution in [0.4, 0.5) is 16.4 Å². The van der Waals surface area contributed by atoms with E-state index in [9.17, 15) is 9.59 Å². The molecule has 10 nitrogen and oxygen atoms in total. The predicted molar refractivity (Wildman–Crippen MR) is 194 cm³/mol. The summed E-state index contributed by atoms with van der Waals surface area (Å²) < 4.78 is 12.3. The van der Waals surface area contributed by atoms with Crippen LogP contribution in [0.3, 0.4) is 0 Å². The molecule has 0 radical (unpaired) electrons. The molecular formula is C40H42N6O4. The number of hydrogen-bond acceptors (Lipinski definition) is 8. The molecule has 256 valence electrons. The first-order chi connectivity index (χ1) is 24.4. The molecule has 2 aliphatic rings. The largest absolute Gasteiger partial charge is 0.445 e. The summed E-state index contributed by atoms with van der Waals surface area (Å²) in [5.41, 5.74) is 4.18. The number of anilines is 2. The maximum atomic E-state index is 13.2. The molecule has 2 aromatic heterocycles. The number of nitrogens with one attached hydrogen (secondary N) is 1. The van der Waals surface area contributed by atoms with Gasteiger partial charge in [0, 0.05) is 54.8 Å². The van der Waals surface area contributed by atoms with E-state index >= 15 is 0 Å². The number of fused-ring (bicyclic) bond motifs is 1. The van der Waals surface area contributed by atoms with Gasteiger partial charge in [0.25, 0.3) is 0 Å². The van der Waals surface area contributed by atoms with E-state index in [4.69, 9.17) is 14.5 Å². The monoisotopic (exact) mass is 670 g/mol. The van der Waals surface area contributed by atoms with E-state index in [1.807, 2.05) is 84.6 Å². The molecule has 0 spiro atoms. The van der Waals surface area contributed by atoms with E-state index in [1.54, 1.807) is 17.3 Å². The molecule has 1 unspecified atom stereocenters. The fraction of sp³-hybridized carbons (Fsp3) is 0.325. The molecule has 2 aliphatic heterocycles. The molecule has 4 heterocycles. The minimum absolute atomic E-state index is 0.0504. The maximum absolute atomic E-state index is 13.2. The molecule has 1 N–H and O–H groups in total. The van der Waals surface area contributed by atoms with Gasteiger partial charge in [0.05, 0.1) is 16.9 Å². The molecule has 0 bridgehead atoms. The van der Waals surface area contributed by atoms with Gasteiger partial charge in [-0.3, -0.25) is 4.79 Å². The van der Waals surface area contributed by atoms with Crippen LogP contribution in [-0.2, 0) is 16.1 Å². The van der Waals surface area contributed by atoms with Crippen molar-refractivity contribution in [1.82, 2.24) is 19.9 Å². The zero-order valence-electron chi connectivity index (χ0n) is 28.7. The fourth-order valence-electron chi connectivity index (χ4n) is 7.09. The van der Waals surface area contributed by atoms with Gasteiger partial charge in [-0.15, -0.1) is 0 Å². The third-order valence-corrected chi connectivity index (χ3v) is 9.64. The summed E-state index contributed by atoms with van der Waals surface area (Å²) in [5.74, 6) is 2.08. The molecule has 50 heavy (non-hydrogen) atoms. The Morgan fingerprint density at radius 3 is 2.62 bits per heavy atom. The lowest BCUT2D eigenvalue weighted by Gasteiger charge is -2.36. The Labute approximate surface area is 292 Å². The van der Waals surface area contributed by atoms with Crippen LogP contribution in [0, 0.1) is 18.8 Å². The third kappa shape index (κ3) is 6.96. The Balaban J connectivity index is 1.10. The van der Waals surface area contributed by atoms with Gasteiger partial charge in [-0.05, 0) is 67.5 Å². The number of carbonyl (C=O) groups is 2. The van der Waals surface area contributed by atoms with Crippen LogP contribution in [0.5, 0.6) is 11.6 Å². The van der Waals surface area contributed by atoms with Gasteiger partial charge in [-0.1, -0.05) is 68.4 Å². The lowest BCUT2D eigenvalue weighted by molar-refractivity contribution is -0.120. The van der Waals surface area contributed by atoms with Crippen molar-refractivity contribution >= 4 is 34.4 Å². The molecule has 2 saturated heterocycles. The van der Waals surface area contributed by atoms with Crippen molar-refractivity contribution in [2.75, 3.05) is 29.9 Å². The normalized spacial score (nSPS) is 19.1. The van der Waals surface area contributed by atoms with Crippen molar-refractivity contribution in [2.45, 2.75) is 52.7 Å². The van der Waals surface area contributed by atoms with Gasteiger partial charge in [0.2, 0.25) is 17.7 Å². The number of aryl methyl sites for hydroxylation is 1. The average Bonchev–Trinajstić information content (AvgIpc) is 3.51. The Kier molecular flexibility index (Phi) is 9.60. The van der Waals surface area contributed by atoms with Crippen molar-refractivity contribution in [3.05, 3.63) is 102 Å². The lowest BCUT2D eigenvalue weighted by atomic mass is 9.96. The second-order valence-corrected chi connectivity index (χ2v) is 13.3. The smallest absolute Gasteiger partial charge is 0.410 e. The predicted octanol–water partition coefficient (Wildman–Crippen LogP) is 8.01. The number of nitrogens with zero attached hydrogens (tertiary/aromatic N) is 5. The van der Waals surface area contributed by atoms with Crippen LogP contribution in [0.1, 0.15) is 44.2 Å². The molecule has 0 aliphatic carbocycles. The molecule has 3 atom stereocenters. The van der Waals surface area contributed by atoms with Crippen LogP contribution < -0.4 is 15.0 Å². The lowest BCUT2D eigenvalue weighted by Crippen LogP contribution is -2.48. The Hall–Kier alpha value is -5.51. The van der Waals surface area contributed by atoms with Gasteiger partial charge >= 0.3 is 6.09 Å². The zero-order valence-corrected chi connectivity index (χ0v) is 28.7. The summed E-state index contributed by atoms with van der Waals surface area (Å²) in [7, 11) is 0. The van der Waals surface area contributed by atoms with E-state index in [2.05, 4.69) is 35.2 Å². The van der Waals surface area contributed by atoms with E-state index in [-0.39, 0.29) is 36.5 Å². The number of ether oxygens (including phenoxy) is 2. The number of likely N-dealkylation sites (tertiary alicyclic amines) is 1. The highest BCUT2D eigenvalue weighted by molar-refractivity contribution is 6.07. The summed E-state index contributed by atoms with van der Waals surface area (Å²) in [5, 5.41) is 5.34. The van der Waals surface area contributed by atoms with Crippen molar-refractivity contribution in [2.24, 2.45) is 11.8 Å². The van der Waals surface area contributed by atoms with Crippen molar-refractivity contribution in [3.8, 4) is 22.9 Å². The highest BCUT2D eigenvalue weighted by Crippen LogP contribution is 2.41. The highest BCUT2D eigenvalue weighted by atomic mass is 16.6. The van der Waals surface area contributed by atoms with E-state index < -0.39 is 0 Å². The summed E-state index contributed by atoms with van der Waals surface area (Å²) in [6, 6.07) is 25.4. The molecule has 2 amide bonds. The van der Waals surface area contributed by atoms with Gasteiger partial charge in [0.15, 0.2) is 0 Å². The molecule has 10 heteroatoms. The van der Waals surface area contributed by atoms with Crippen LogP contribution in [0.2, 0.25) is 0 Å². The highest BCUT2D eigenvalue weighted by Gasteiger charge is 2.32. The minimum Gasteiger partial charge on any atom is -0.445 e.